The minimum Gasteiger partial charge on any atom is -0.309 e. The van der Waals surface area contributed by atoms with Crippen molar-refractivity contribution in [1.82, 2.24) is 9.78 Å². The smallest absolute Gasteiger partial charge is 0.228 e. The van der Waals surface area contributed by atoms with Crippen LogP contribution in [-0.2, 0) is 4.79 Å². The molecule has 5 heteroatoms. The van der Waals surface area contributed by atoms with Crippen molar-refractivity contribution in [2.24, 2.45) is 0 Å². The van der Waals surface area contributed by atoms with Crippen LogP contribution in [0.25, 0.3) is 5.69 Å². The zero-order valence-electron chi connectivity index (χ0n) is 9.73. The Kier molecular flexibility index (Phi) is 2.83. The first-order chi connectivity index (χ1) is 8.75. The number of hydrogen-bond acceptors (Lipinski definition) is 3. The standard InChI is InChI=1S/C13H13N3OS/c17-13-8-10(18)9-15(13)11-4-1-2-5-12(11)16-7-3-6-14-16/h1-7,10,18H,8-9H2. The van der Waals surface area contributed by atoms with Gasteiger partial charge in [-0.05, 0) is 18.2 Å². The molecule has 1 amide bonds. The lowest BCUT2D eigenvalue weighted by Gasteiger charge is -2.19. The molecule has 0 N–H and O–H groups in total. The maximum absolute atomic E-state index is 12.0. The molecule has 3 rings (SSSR count). The highest BCUT2D eigenvalue weighted by atomic mass is 32.1. The third-order valence-electron chi connectivity index (χ3n) is 3.03. The van der Waals surface area contributed by atoms with Crippen molar-refractivity contribution in [1.29, 1.82) is 0 Å². The lowest BCUT2D eigenvalue weighted by Crippen LogP contribution is -2.26. The number of para-hydroxylation sites is 2. The average Bonchev–Trinajstić information content (AvgIpc) is 2.99. The third kappa shape index (κ3) is 1.90. The number of benzene rings is 1. The molecular formula is C13H13N3OS. The molecule has 1 aromatic carbocycles. The fourth-order valence-corrected chi connectivity index (χ4v) is 2.54. The van der Waals surface area contributed by atoms with E-state index >= 15 is 0 Å². The van der Waals surface area contributed by atoms with E-state index in [0.29, 0.717) is 13.0 Å². The fourth-order valence-electron chi connectivity index (χ4n) is 2.22. The zero-order valence-corrected chi connectivity index (χ0v) is 10.6. The molecule has 1 aliphatic heterocycles. The highest BCUT2D eigenvalue weighted by Crippen LogP contribution is 2.29. The first-order valence-corrected chi connectivity index (χ1v) is 6.35. The quantitative estimate of drug-likeness (QED) is 0.837. The average molecular weight is 259 g/mol. The Labute approximate surface area is 111 Å². The predicted octanol–water partition coefficient (Wildman–Crippen LogP) is 1.91. The second-order valence-electron chi connectivity index (χ2n) is 4.30. The van der Waals surface area contributed by atoms with Crippen LogP contribution in [-0.4, -0.2) is 27.5 Å². The minimum absolute atomic E-state index is 0.114. The Bertz CT molecular complexity index is 567. The molecule has 18 heavy (non-hydrogen) atoms. The summed E-state index contributed by atoms with van der Waals surface area (Å²) >= 11 is 4.39. The van der Waals surface area contributed by atoms with E-state index in [2.05, 4.69) is 17.7 Å². The Morgan fingerprint density at radius 3 is 2.61 bits per heavy atom. The van der Waals surface area contributed by atoms with Crippen LogP contribution in [0.2, 0.25) is 0 Å². The van der Waals surface area contributed by atoms with Gasteiger partial charge >= 0.3 is 0 Å². The Morgan fingerprint density at radius 2 is 2.00 bits per heavy atom. The molecule has 4 nitrogen and oxygen atoms in total. The number of amides is 1. The summed E-state index contributed by atoms with van der Waals surface area (Å²) in [6.45, 7) is 0.653. The maximum atomic E-state index is 12.0. The fraction of sp³-hybridized carbons (Fsp3) is 0.231. The van der Waals surface area contributed by atoms with Crippen LogP contribution in [0.15, 0.2) is 42.7 Å². The van der Waals surface area contributed by atoms with Gasteiger partial charge in [0.15, 0.2) is 0 Å². The topological polar surface area (TPSA) is 38.1 Å². The van der Waals surface area contributed by atoms with E-state index < -0.39 is 0 Å². The van der Waals surface area contributed by atoms with E-state index in [4.69, 9.17) is 0 Å². The van der Waals surface area contributed by atoms with E-state index in [1.54, 1.807) is 15.8 Å². The number of carbonyl (C=O) groups is 1. The summed E-state index contributed by atoms with van der Waals surface area (Å²) in [5, 5.41) is 4.34. The van der Waals surface area contributed by atoms with Crippen molar-refractivity contribution in [2.75, 3.05) is 11.4 Å². The maximum Gasteiger partial charge on any atom is 0.228 e. The normalized spacial score (nSPS) is 19.5. The summed E-state index contributed by atoms with van der Waals surface area (Å²) in [6.07, 6.45) is 4.10. The van der Waals surface area contributed by atoms with Gasteiger partial charge in [-0.3, -0.25) is 4.79 Å². The minimum atomic E-state index is 0.114. The highest BCUT2D eigenvalue weighted by molar-refractivity contribution is 7.81. The van der Waals surface area contributed by atoms with E-state index in [9.17, 15) is 4.79 Å². The van der Waals surface area contributed by atoms with Crippen molar-refractivity contribution in [3.05, 3.63) is 42.7 Å². The van der Waals surface area contributed by atoms with Crippen LogP contribution in [0, 0.1) is 0 Å². The summed E-state index contributed by atoms with van der Waals surface area (Å²) in [5.74, 6) is 0.120. The Balaban J connectivity index is 2.05. The summed E-state index contributed by atoms with van der Waals surface area (Å²) in [5.41, 5.74) is 1.81. The molecular weight excluding hydrogens is 246 g/mol. The van der Waals surface area contributed by atoms with Crippen molar-refractivity contribution in [3.8, 4) is 5.69 Å². The molecule has 2 aromatic rings. The lowest BCUT2D eigenvalue weighted by molar-refractivity contribution is -0.117. The van der Waals surface area contributed by atoms with Gasteiger partial charge in [-0.25, -0.2) is 4.68 Å². The molecule has 1 fully saturated rings. The number of carbonyl (C=O) groups excluding carboxylic acids is 1. The largest absolute Gasteiger partial charge is 0.309 e. The predicted molar refractivity (Wildman–Crippen MR) is 73.3 cm³/mol. The van der Waals surface area contributed by atoms with Crippen LogP contribution in [0.1, 0.15) is 6.42 Å². The van der Waals surface area contributed by atoms with Crippen LogP contribution in [0.5, 0.6) is 0 Å². The van der Waals surface area contributed by atoms with E-state index in [1.807, 2.05) is 36.5 Å². The number of hydrogen-bond donors (Lipinski definition) is 1. The van der Waals surface area contributed by atoms with Gasteiger partial charge in [-0.2, -0.15) is 17.7 Å². The number of nitrogens with zero attached hydrogens (tertiary/aromatic N) is 3. The first kappa shape index (κ1) is 11.3. The number of aromatic nitrogens is 2. The summed E-state index contributed by atoms with van der Waals surface area (Å²) in [7, 11) is 0. The third-order valence-corrected chi connectivity index (χ3v) is 3.37. The lowest BCUT2D eigenvalue weighted by atomic mass is 10.2. The van der Waals surface area contributed by atoms with Gasteiger partial charge in [0.05, 0.1) is 11.4 Å². The van der Waals surface area contributed by atoms with Crippen LogP contribution in [0.4, 0.5) is 5.69 Å². The van der Waals surface area contributed by atoms with Crippen molar-refractivity contribution < 1.29 is 4.79 Å². The van der Waals surface area contributed by atoms with Gasteiger partial charge < -0.3 is 4.90 Å². The number of thiol groups is 1. The second kappa shape index (κ2) is 4.49. The highest BCUT2D eigenvalue weighted by Gasteiger charge is 2.29. The number of rotatable bonds is 2. The molecule has 1 unspecified atom stereocenters. The van der Waals surface area contributed by atoms with Crippen LogP contribution < -0.4 is 4.90 Å². The molecule has 0 spiro atoms. The molecule has 1 saturated heterocycles. The Morgan fingerprint density at radius 1 is 1.22 bits per heavy atom. The zero-order chi connectivity index (χ0) is 12.5. The van der Waals surface area contributed by atoms with Gasteiger partial charge in [0.2, 0.25) is 5.91 Å². The number of anilines is 1. The van der Waals surface area contributed by atoms with Gasteiger partial charge in [-0.1, -0.05) is 12.1 Å². The SMILES string of the molecule is O=C1CC(S)CN1c1ccccc1-n1cccn1. The molecule has 1 aliphatic rings. The van der Waals surface area contributed by atoms with Gasteiger partial charge in [0, 0.05) is 30.6 Å². The van der Waals surface area contributed by atoms with E-state index in [-0.39, 0.29) is 11.2 Å². The van der Waals surface area contributed by atoms with Crippen molar-refractivity contribution in [3.63, 3.8) is 0 Å². The van der Waals surface area contributed by atoms with Gasteiger partial charge in [0.25, 0.3) is 0 Å². The molecule has 92 valence electrons. The summed E-state index contributed by atoms with van der Waals surface area (Å²) in [6, 6.07) is 9.65. The molecule has 1 atom stereocenters. The summed E-state index contributed by atoms with van der Waals surface area (Å²) < 4.78 is 1.77. The monoisotopic (exact) mass is 259 g/mol. The van der Waals surface area contributed by atoms with Crippen molar-refractivity contribution in [2.45, 2.75) is 11.7 Å². The molecule has 2 heterocycles. The van der Waals surface area contributed by atoms with E-state index in [1.165, 1.54) is 0 Å². The molecule has 0 bridgehead atoms. The molecule has 0 radical (unpaired) electrons. The van der Waals surface area contributed by atoms with Crippen LogP contribution >= 0.6 is 12.6 Å². The molecule has 0 saturated carbocycles. The van der Waals surface area contributed by atoms with Crippen molar-refractivity contribution >= 4 is 24.2 Å². The first-order valence-electron chi connectivity index (χ1n) is 5.83. The molecule has 0 aliphatic carbocycles. The Hall–Kier alpha value is -1.75. The second-order valence-corrected chi connectivity index (χ2v) is 5.03. The molecule has 1 aromatic heterocycles. The van der Waals surface area contributed by atoms with Gasteiger partial charge in [-0.15, -0.1) is 0 Å². The van der Waals surface area contributed by atoms with Gasteiger partial charge in [0.1, 0.15) is 0 Å². The van der Waals surface area contributed by atoms with E-state index in [0.717, 1.165) is 11.4 Å². The summed E-state index contributed by atoms with van der Waals surface area (Å²) in [4.78, 5) is 13.7. The van der Waals surface area contributed by atoms with Crippen LogP contribution in [0.3, 0.4) is 0 Å².